The Morgan fingerprint density at radius 1 is 1.44 bits per heavy atom. The molecule has 1 aromatic carbocycles. The number of H-pyrrole nitrogens is 1. The first-order valence-corrected chi connectivity index (χ1v) is 6.75. The third kappa shape index (κ3) is 2.15. The maximum Gasteiger partial charge on any atom is 0.128 e. The summed E-state index contributed by atoms with van der Waals surface area (Å²) < 4.78 is 6.44. The van der Waals surface area contributed by atoms with Gasteiger partial charge in [0.25, 0.3) is 0 Å². The van der Waals surface area contributed by atoms with Gasteiger partial charge in [0.1, 0.15) is 16.2 Å². The van der Waals surface area contributed by atoms with Gasteiger partial charge in [-0.2, -0.15) is 0 Å². The van der Waals surface area contributed by atoms with Crippen LogP contribution < -0.4 is 10.5 Å². The lowest BCUT2D eigenvalue weighted by atomic mass is 9.99. The molecule has 0 radical (unpaired) electrons. The highest BCUT2D eigenvalue weighted by Gasteiger charge is 2.16. The van der Waals surface area contributed by atoms with E-state index in [1.165, 1.54) is 5.56 Å². The van der Waals surface area contributed by atoms with Gasteiger partial charge in [-0.1, -0.05) is 12.1 Å². The van der Waals surface area contributed by atoms with Crippen LogP contribution in [0, 0.1) is 0 Å². The minimum atomic E-state index is -0.233. The van der Waals surface area contributed by atoms with E-state index < -0.39 is 0 Å². The quantitative estimate of drug-likeness (QED) is 0.896. The van der Waals surface area contributed by atoms with Crippen LogP contribution >= 0.6 is 15.9 Å². The van der Waals surface area contributed by atoms with Crippen LogP contribution in [-0.2, 0) is 6.42 Å². The summed E-state index contributed by atoms with van der Waals surface area (Å²) in [7, 11) is 0. The van der Waals surface area contributed by atoms with Gasteiger partial charge in [0.15, 0.2) is 0 Å². The zero-order chi connectivity index (χ0) is 12.5. The monoisotopic (exact) mass is 307 g/mol. The van der Waals surface area contributed by atoms with Gasteiger partial charge in [0, 0.05) is 0 Å². The second kappa shape index (κ2) is 4.74. The highest BCUT2D eigenvalue weighted by atomic mass is 79.9. The molecule has 1 aromatic heterocycles. The molecule has 1 atom stereocenters. The summed E-state index contributed by atoms with van der Waals surface area (Å²) in [5.74, 6) is 1.75. The molecule has 5 heteroatoms. The Labute approximate surface area is 114 Å². The van der Waals surface area contributed by atoms with E-state index in [1.54, 1.807) is 6.20 Å². The molecule has 0 aliphatic carbocycles. The van der Waals surface area contributed by atoms with Crippen molar-refractivity contribution in [3.63, 3.8) is 0 Å². The van der Waals surface area contributed by atoms with Gasteiger partial charge in [0.05, 0.1) is 18.8 Å². The number of fused-ring (bicyclic) bond motifs is 1. The number of aryl methyl sites for hydroxylation is 1. The summed E-state index contributed by atoms with van der Waals surface area (Å²) in [6, 6.07) is 5.89. The molecule has 0 saturated carbocycles. The first-order chi connectivity index (χ1) is 8.74. The highest BCUT2D eigenvalue weighted by Crippen LogP contribution is 2.28. The molecule has 2 aromatic rings. The molecule has 2 heterocycles. The van der Waals surface area contributed by atoms with E-state index >= 15 is 0 Å². The number of hydrogen-bond acceptors (Lipinski definition) is 3. The molecular weight excluding hydrogens is 294 g/mol. The Balaban J connectivity index is 1.92. The number of hydrogen-bond donors (Lipinski definition) is 2. The number of benzene rings is 1. The summed E-state index contributed by atoms with van der Waals surface area (Å²) in [5.41, 5.74) is 8.50. The molecule has 1 aliphatic heterocycles. The van der Waals surface area contributed by atoms with E-state index in [1.807, 2.05) is 12.1 Å². The molecule has 18 heavy (non-hydrogen) atoms. The largest absolute Gasteiger partial charge is 0.493 e. The Morgan fingerprint density at radius 3 is 3.11 bits per heavy atom. The Hall–Kier alpha value is -1.33. The van der Waals surface area contributed by atoms with E-state index in [-0.39, 0.29) is 6.04 Å². The van der Waals surface area contributed by atoms with Gasteiger partial charge in [-0.3, -0.25) is 0 Å². The van der Waals surface area contributed by atoms with Gasteiger partial charge in [0.2, 0.25) is 0 Å². The number of halogens is 1. The fourth-order valence-corrected chi connectivity index (χ4v) is 2.51. The number of imidazole rings is 1. The summed E-state index contributed by atoms with van der Waals surface area (Å²) in [6.45, 7) is 0.809. The maximum atomic E-state index is 6.21. The van der Waals surface area contributed by atoms with Crippen molar-refractivity contribution < 1.29 is 4.74 Å². The standard InChI is InChI=1S/C13H14BrN3O/c14-11-7-16-13(17-11)12(15)9-3-4-10-8(6-9)2-1-5-18-10/h3-4,6-7,12H,1-2,5,15H2,(H,16,17). The van der Waals surface area contributed by atoms with Crippen LogP contribution in [0.3, 0.4) is 0 Å². The van der Waals surface area contributed by atoms with Gasteiger partial charge in [-0.15, -0.1) is 0 Å². The summed E-state index contributed by atoms with van der Waals surface area (Å²) >= 11 is 3.34. The van der Waals surface area contributed by atoms with Crippen molar-refractivity contribution in [1.82, 2.24) is 9.97 Å². The van der Waals surface area contributed by atoms with Crippen LogP contribution in [0.1, 0.15) is 29.4 Å². The number of nitrogens with two attached hydrogens (primary N) is 1. The molecule has 0 bridgehead atoms. The predicted octanol–water partition coefficient (Wildman–Crippen LogP) is 2.55. The van der Waals surface area contributed by atoms with Crippen LogP contribution in [0.5, 0.6) is 5.75 Å². The topological polar surface area (TPSA) is 63.9 Å². The Bertz CT molecular complexity index is 567. The highest BCUT2D eigenvalue weighted by molar-refractivity contribution is 9.10. The summed E-state index contributed by atoms with van der Waals surface area (Å²) in [6.07, 6.45) is 3.84. The maximum absolute atomic E-state index is 6.21. The SMILES string of the molecule is NC(c1ccc2c(c1)CCCO2)c1ncc(Br)[nH]1. The average molecular weight is 308 g/mol. The summed E-state index contributed by atoms with van der Waals surface area (Å²) in [5, 5.41) is 0. The van der Waals surface area contributed by atoms with Gasteiger partial charge in [-0.05, 0) is 46.0 Å². The second-order valence-electron chi connectivity index (χ2n) is 4.41. The van der Waals surface area contributed by atoms with Crippen molar-refractivity contribution in [1.29, 1.82) is 0 Å². The van der Waals surface area contributed by atoms with Crippen LogP contribution in [0.4, 0.5) is 0 Å². The van der Waals surface area contributed by atoms with Gasteiger partial charge < -0.3 is 15.5 Å². The average Bonchev–Trinajstić information content (AvgIpc) is 2.84. The minimum Gasteiger partial charge on any atom is -0.493 e. The molecule has 94 valence electrons. The molecule has 0 fully saturated rings. The van der Waals surface area contributed by atoms with Gasteiger partial charge in [-0.25, -0.2) is 4.98 Å². The molecule has 3 rings (SSSR count). The van der Waals surface area contributed by atoms with E-state index in [2.05, 4.69) is 32.0 Å². The fraction of sp³-hybridized carbons (Fsp3) is 0.308. The molecule has 4 nitrogen and oxygen atoms in total. The predicted molar refractivity (Wildman–Crippen MR) is 72.6 cm³/mol. The van der Waals surface area contributed by atoms with Crippen molar-refractivity contribution in [3.05, 3.63) is 46.0 Å². The lowest BCUT2D eigenvalue weighted by Crippen LogP contribution is -2.15. The number of aromatic nitrogens is 2. The van der Waals surface area contributed by atoms with Crippen molar-refractivity contribution in [3.8, 4) is 5.75 Å². The van der Waals surface area contributed by atoms with E-state index in [0.717, 1.165) is 41.2 Å². The first kappa shape index (κ1) is 11.7. The van der Waals surface area contributed by atoms with Crippen LogP contribution in [0.2, 0.25) is 0 Å². The van der Waals surface area contributed by atoms with Crippen molar-refractivity contribution >= 4 is 15.9 Å². The molecule has 0 spiro atoms. The van der Waals surface area contributed by atoms with Crippen LogP contribution in [-0.4, -0.2) is 16.6 Å². The van der Waals surface area contributed by atoms with Gasteiger partial charge >= 0.3 is 0 Å². The van der Waals surface area contributed by atoms with Crippen LogP contribution in [0.25, 0.3) is 0 Å². The Morgan fingerprint density at radius 2 is 2.33 bits per heavy atom. The van der Waals surface area contributed by atoms with E-state index in [4.69, 9.17) is 10.5 Å². The van der Waals surface area contributed by atoms with Crippen molar-refractivity contribution in [2.24, 2.45) is 5.73 Å². The van der Waals surface area contributed by atoms with E-state index in [0.29, 0.717) is 0 Å². The lowest BCUT2D eigenvalue weighted by Gasteiger charge is -2.19. The zero-order valence-electron chi connectivity index (χ0n) is 9.82. The molecule has 0 saturated heterocycles. The number of rotatable bonds is 2. The fourth-order valence-electron chi connectivity index (χ4n) is 2.20. The van der Waals surface area contributed by atoms with E-state index in [9.17, 15) is 0 Å². The third-order valence-corrected chi connectivity index (χ3v) is 3.55. The first-order valence-electron chi connectivity index (χ1n) is 5.95. The van der Waals surface area contributed by atoms with Crippen molar-refractivity contribution in [2.45, 2.75) is 18.9 Å². The lowest BCUT2D eigenvalue weighted by molar-refractivity contribution is 0.288. The third-order valence-electron chi connectivity index (χ3n) is 3.15. The molecule has 1 unspecified atom stereocenters. The smallest absolute Gasteiger partial charge is 0.128 e. The normalized spacial score (nSPS) is 15.9. The Kier molecular flexibility index (Phi) is 3.09. The molecular formula is C13H14BrN3O. The number of nitrogens with one attached hydrogen (secondary N) is 1. The zero-order valence-corrected chi connectivity index (χ0v) is 11.4. The second-order valence-corrected chi connectivity index (χ2v) is 5.27. The number of nitrogens with zero attached hydrogens (tertiary/aromatic N) is 1. The summed E-state index contributed by atoms with van der Waals surface area (Å²) in [4.78, 5) is 7.35. The minimum absolute atomic E-state index is 0.233. The van der Waals surface area contributed by atoms with Crippen molar-refractivity contribution in [2.75, 3.05) is 6.61 Å². The molecule has 0 amide bonds. The molecule has 1 aliphatic rings. The molecule has 3 N–H and O–H groups in total. The number of ether oxygens (including phenoxy) is 1. The number of aromatic amines is 1. The van der Waals surface area contributed by atoms with Crippen LogP contribution in [0.15, 0.2) is 29.0 Å².